The number of nitrogens with zero attached hydrogens (tertiary/aromatic N) is 2. The van der Waals surface area contributed by atoms with Crippen LogP contribution in [0.2, 0.25) is 0 Å². The largest absolute Gasteiger partial charge is 0.448 e. The zero-order chi connectivity index (χ0) is 15.2. The fourth-order valence-electron chi connectivity index (χ4n) is 2.56. The van der Waals surface area contributed by atoms with Crippen molar-refractivity contribution in [3.63, 3.8) is 0 Å². The molecule has 1 aromatic carbocycles. The third-order valence-electron chi connectivity index (χ3n) is 3.69. The van der Waals surface area contributed by atoms with E-state index in [9.17, 15) is 4.79 Å². The molecule has 5 nitrogen and oxygen atoms in total. The lowest BCUT2D eigenvalue weighted by Gasteiger charge is -2.20. The van der Waals surface area contributed by atoms with E-state index in [4.69, 9.17) is 4.74 Å². The number of hydrogen-bond donors (Lipinski definition) is 1. The minimum atomic E-state index is -0.226. The standard InChI is InChI=1S/C17H19N3O2/c21-17-20(12-13-22-17)11-10-19-16(14-6-2-1-3-7-14)15-8-4-5-9-18-15/h1-9,16,19H,10-13H2. The van der Waals surface area contributed by atoms with E-state index in [0.29, 0.717) is 26.2 Å². The molecule has 1 aromatic heterocycles. The maximum Gasteiger partial charge on any atom is 0.409 e. The maximum atomic E-state index is 11.5. The van der Waals surface area contributed by atoms with Gasteiger partial charge in [-0.05, 0) is 17.7 Å². The smallest absolute Gasteiger partial charge is 0.409 e. The highest BCUT2D eigenvalue weighted by Crippen LogP contribution is 2.19. The molecule has 3 rings (SSSR count). The molecule has 1 atom stereocenters. The average molecular weight is 297 g/mol. The summed E-state index contributed by atoms with van der Waals surface area (Å²) in [7, 11) is 0. The molecule has 1 saturated heterocycles. The Hall–Kier alpha value is -2.40. The van der Waals surface area contributed by atoms with Crippen molar-refractivity contribution >= 4 is 6.09 Å². The number of hydrogen-bond acceptors (Lipinski definition) is 4. The van der Waals surface area contributed by atoms with Gasteiger partial charge in [0.1, 0.15) is 6.61 Å². The molecular weight excluding hydrogens is 278 g/mol. The summed E-state index contributed by atoms with van der Waals surface area (Å²) in [6.07, 6.45) is 1.57. The summed E-state index contributed by atoms with van der Waals surface area (Å²) < 4.78 is 4.94. The lowest BCUT2D eigenvalue weighted by molar-refractivity contribution is 0.158. The fraction of sp³-hybridized carbons (Fsp3) is 0.294. The third-order valence-corrected chi connectivity index (χ3v) is 3.69. The highest BCUT2D eigenvalue weighted by Gasteiger charge is 2.22. The van der Waals surface area contributed by atoms with Crippen molar-refractivity contribution in [1.29, 1.82) is 0 Å². The number of pyridine rings is 1. The average Bonchev–Trinajstić information content (AvgIpc) is 2.98. The van der Waals surface area contributed by atoms with E-state index < -0.39 is 0 Å². The minimum absolute atomic E-state index is 0.0148. The molecule has 1 N–H and O–H groups in total. The molecule has 1 aliphatic rings. The molecule has 0 aliphatic carbocycles. The Morgan fingerprint density at radius 1 is 1.18 bits per heavy atom. The van der Waals surface area contributed by atoms with Crippen molar-refractivity contribution in [3.8, 4) is 0 Å². The summed E-state index contributed by atoms with van der Waals surface area (Å²) in [6.45, 7) is 2.47. The number of rotatable bonds is 6. The van der Waals surface area contributed by atoms with Gasteiger partial charge < -0.3 is 15.0 Å². The lowest BCUT2D eigenvalue weighted by atomic mass is 10.0. The van der Waals surface area contributed by atoms with Crippen LogP contribution in [0.25, 0.3) is 0 Å². The van der Waals surface area contributed by atoms with E-state index >= 15 is 0 Å². The molecule has 1 fully saturated rings. The van der Waals surface area contributed by atoms with Crippen LogP contribution < -0.4 is 5.32 Å². The van der Waals surface area contributed by atoms with E-state index in [-0.39, 0.29) is 12.1 Å². The number of aromatic nitrogens is 1. The lowest BCUT2D eigenvalue weighted by Crippen LogP contribution is -2.35. The van der Waals surface area contributed by atoms with E-state index in [1.807, 2.05) is 36.4 Å². The third kappa shape index (κ3) is 3.43. The first-order valence-corrected chi connectivity index (χ1v) is 7.45. The molecule has 2 heterocycles. The van der Waals surface area contributed by atoms with Crippen LogP contribution in [0, 0.1) is 0 Å². The quantitative estimate of drug-likeness (QED) is 0.888. The SMILES string of the molecule is O=C1OCCN1CCNC(c1ccccc1)c1ccccn1. The molecule has 1 unspecified atom stereocenters. The number of amides is 1. The number of benzene rings is 1. The summed E-state index contributed by atoms with van der Waals surface area (Å²) in [5.74, 6) is 0. The van der Waals surface area contributed by atoms with E-state index in [1.54, 1.807) is 11.1 Å². The Balaban J connectivity index is 1.68. The van der Waals surface area contributed by atoms with Gasteiger partial charge in [-0.25, -0.2) is 4.79 Å². The first kappa shape index (κ1) is 14.5. The Morgan fingerprint density at radius 2 is 2.00 bits per heavy atom. The van der Waals surface area contributed by atoms with E-state index in [2.05, 4.69) is 22.4 Å². The minimum Gasteiger partial charge on any atom is -0.448 e. The van der Waals surface area contributed by atoms with E-state index in [1.165, 1.54) is 0 Å². The van der Waals surface area contributed by atoms with Gasteiger partial charge in [0.05, 0.1) is 18.3 Å². The highest BCUT2D eigenvalue weighted by molar-refractivity contribution is 5.69. The van der Waals surface area contributed by atoms with Crippen LogP contribution in [0.3, 0.4) is 0 Å². The van der Waals surface area contributed by atoms with Crippen LogP contribution in [0.15, 0.2) is 54.7 Å². The van der Waals surface area contributed by atoms with Crippen LogP contribution in [-0.4, -0.2) is 42.2 Å². The highest BCUT2D eigenvalue weighted by atomic mass is 16.6. The van der Waals surface area contributed by atoms with Gasteiger partial charge in [-0.1, -0.05) is 36.4 Å². The van der Waals surface area contributed by atoms with Crippen molar-refractivity contribution in [2.75, 3.05) is 26.2 Å². The summed E-state index contributed by atoms with van der Waals surface area (Å²) in [5.41, 5.74) is 2.13. The first-order chi connectivity index (χ1) is 10.8. The van der Waals surface area contributed by atoms with Gasteiger partial charge in [0, 0.05) is 19.3 Å². The van der Waals surface area contributed by atoms with E-state index in [0.717, 1.165) is 11.3 Å². The molecule has 22 heavy (non-hydrogen) atoms. The van der Waals surface area contributed by atoms with Gasteiger partial charge in [-0.3, -0.25) is 4.98 Å². The van der Waals surface area contributed by atoms with Crippen molar-refractivity contribution in [1.82, 2.24) is 15.2 Å². The van der Waals surface area contributed by atoms with Crippen LogP contribution in [0.4, 0.5) is 4.79 Å². The topological polar surface area (TPSA) is 54.5 Å². The van der Waals surface area contributed by atoms with Gasteiger partial charge in [0.2, 0.25) is 0 Å². The molecular formula is C17H19N3O2. The van der Waals surface area contributed by atoms with Gasteiger partial charge in [-0.2, -0.15) is 0 Å². The Kier molecular flexibility index (Phi) is 4.65. The van der Waals surface area contributed by atoms with Crippen LogP contribution in [-0.2, 0) is 4.74 Å². The number of nitrogens with one attached hydrogen (secondary N) is 1. The molecule has 1 aliphatic heterocycles. The van der Waals surface area contributed by atoms with Gasteiger partial charge in [0.15, 0.2) is 0 Å². The summed E-state index contributed by atoms with van der Waals surface area (Å²) in [5, 5.41) is 3.49. The fourth-order valence-corrected chi connectivity index (χ4v) is 2.56. The summed E-state index contributed by atoms with van der Waals surface area (Å²) >= 11 is 0. The molecule has 1 amide bonds. The molecule has 0 saturated carbocycles. The Labute approximate surface area is 129 Å². The normalized spacial score (nSPS) is 15.6. The second-order valence-electron chi connectivity index (χ2n) is 5.15. The predicted molar refractivity (Wildman–Crippen MR) is 83.4 cm³/mol. The Morgan fingerprint density at radius 3 is 2.68 bits per heavy atom. The predicted octanol–water partition coefficient (Wildman–Crippen LogP) is 2.21. The second-order valence-corrected chi connectivity index (χ2v) is 5.15. The van der Waals surface area contributed by atoms with Gasteiger partial charge in [-0.15, -0.1) is 0 Å². The zero-order valence-electron chi connectivity index (χ0n) is 12.3. The number of ether oxygens (including phenoxy) is 1. The van der Waals surface area contributed by atoms with Crippen molar-refractivity contribution in [2.24, 2.45) is 0 Å². The van der Waals surface area contributed by atoms with Crippen LogP contribution in [0.5, 0.6) is 0 Å². The molecule has 0 spiro atoms. The van der Waals surface area contributed by atoms with Crippen LogP contribution >= 0.6 is 0 Å². The van der Waals surface area contributed by atoms with Crippen molar-refractivity contribution < 1.29 is 9.53 Å². The van der Waals surface area contributed by atoms with Gasteiger partial charge >= 0.3 is 6.09 Å². The molecule has 0 bridgehead atoms. The van der Waals surface area contributed by atoms with Crippen molar-refractivity contribution in [3.05, 3.63) is 66.0 Å². The summed E-state index contributed by atoms with van der Waals surface area (Å²) in [6, 6.07) is 16.1. The summed E-state index contributed by atoms with van der Waals surface area (Å²) in [4.78, 5) is 17.6. The molecule has 5 heteroatoms. The van der Waals surface area contributed by atoms with Crippen molar-refractivity contribution in [2.45, 2.75) is 6.04 Å². The monoisotopic (exact) mass is 297 g/mol. The molecule has 114 valence electrons. The number of cyclic esters (lactones) is 1. The first-order valence-electron chi connectivity index (χ1n) is 7.45. The molecule has 2 aromatic rings. The number of carbonyl (C=O) groups is 1. The number of carbonyl (C=O) groups excluding carboxylic acids is 1. The second kappa shape index (κ2) is 7.04. The Bertz CT molecular complexity index is 564. The van der Waals surface area contributed by atoms with Crippen LogP contribution in [0.1, 0.15) is 17.3 Å². The maximum absolute atomic E-state index is 11.5. The molecule has 0 radical (unpaired) electrons. The zero-order valence-corrected chi connectivity index (χ0v) is 12.3. The van der Waals surface area contributed by atoms with Gasteiger partial charge in [0.25, 0.3) is 0 Å².